The van der Waals surface area contributed by atoms with Crippen LogP contribution in [0.4, 0.5) is 4.79 Å². The first-order chi connectivity index (χ1) is 8.25. The second kappa shape index (κ2) is 5.87. The van der Waals surface area contributed by atoms with E-state index in [1.807, 2.05) is 30.3 Å². The molecule has 90 valence electrons. The first-order valence-electron chi connectivity index (χ1n) is 5.70. The van der Waals surface area contributed by atoms with Gasteiger partial charge in [0.25, 0.3) is 0 Å². The number of amides is 2. The van der Waals surface area contributed by atoms with Crippen molar-refractivity contribution < 1.29 is 4.79 Å². The molecule has 1 aliphatic carbocycles. The highest BCUT2D eigenvalue weighted by atomic mass is 79.9. The molecule has 0 atom stereocenters. The van der Waals surface area contributed by atoms with E-state index in [0.29, 0.717) is 12.5 Å². The molecule has 2 N–H and O–H groups in total. The number of carbonyl (C=O) groups is 1. The van der Waals surface area contributed by atoms with Crippen molar-refractivity contribution in [1.29, 1.82) is 0 Å². The zero-order valence-electron chi connectivity index (χ0n) is 9.45. The van der Waals surface area contributed by atoms with E-state index in [-0.39, 0.29) is 6.03 Å². The van der Waals surface area contributed by atoms with Gasteiger partial charge in [0.1, 0.15) is 0 Å². The quantitative estimate of drug-likeness (QED) is 0.880. The molecular weight excluding hydrogens is 280 g/mol. The van der Waals surface area contributed by atoms with Crippen LogP contribution < -0.4 is 10.6 Å². The maximum Gasteiger partial charge on any atom is 0.319 e. The molecule has 0 radical (unpaired) electrons. The molecule has 0 spiro atoms. The normalized spacial score (nSPS) is 14.9. The number of nitrogens with one attached hydrogen (secondary N) is 2. The molecule has 2 rings (SSSR count). The maximum absolute atomic E-state index is 11.4. The first kappa shape index (κ1) is 12.2. The minimum atomic E-state index is -0.169. The summed E-state index contributed by atoms with van der Waals surface area (Å²) in [5.41, 5.74) is 1.06. The molecule has 1 aliphatic rings. The fraction of sp³-hybridized carbons (Fsp3) is 0.308. The van der Waals surface area contributed by atoms with Gasteiger partial charge in [0, 0.05) is 17.2 Å². The molecule has 0 aromatic heterocycles. The highest BCUT2D eigenvalue weighted by Crippen LogP contribution is 2.29. The summed E-state index contributed by atoms with van der Waals surface area (Å²) in [5.74, 6) is 0.679. The molecule has 1 aromatic carbocycles. The Bertz CT molecular complexity index is 427. The first-order valence-corrected chi connectivity index (χ1v) is 6.49. The standard InChI is InChI=1S/C13H15BrN2O/c14-12-4-2-1-3-11(12)9-16-13(17)15-8-7-10-5-6-10/h1-4,7-8,10H,5-6,9H2,(H2,15,16,17)/b8-7+. The Kier molecular flexibility index (Phi) is 4.20. The average molecular weight is 295 g/mol. The van der Waals surface area contributed by atoms with Crippen LogP contribution in [0.2, 0.25) is 0 Å². The summed E-state index contributed by atoms with van der Waals surface area (Å²) < 4.78 is 1.01. The van der Waals surface area contributed by atoms with E-state index in [2.05, 4.69) is 26.6 Å². The summed E-state index contributed by atoms with van der Waals surface area (Å²) in [6, 6.07) is 7.67. The molecule has 1 saturated carbocycles. The number of hydrogen-bond donors (Lipinski definition) is 2. The molecule has 0 unspecified atom stereocenters. The monoisotopic (exact) mass is 294 g/mol. The van der Waals surface area contributed by atoms with Gasteiger partial charge in [-0.2, -0.15) is 0 Å². The van der Waals surface area contributed by atoms with Gasteiger partial charge < -0.3 is 10.6 Å². The van der Waals surface area contributed by atoms with Crippen LogP contribution in [-0.2, 0) is 6.54 Å². The number of benzene rings is 1. The van der Waals surface area contributed by atoms with Crippen molar-refractivity contribution in [2.75, 3.05) is 0 Å². The summed E-state index contributed by atoms with van der Waals surface area (Å²) in [7, 11) is 0. The summed E-state index contributed by atoms with van der Waals surface area (Å²) in [6.07, 6.45) is 6.26. The van der Waals surface area contributed by atoms with E-state index in [1.54, 1.807) is 6.20 Å². The van der Waals surface area contributed by atoms with Crippen LogP contribution in [0.25, 0.3) is 0 Å². The number of carbonyl (C=O) groups excluding carboxylic acids is 1. The second-order valence-corrected chi connectivity index (χ2v) is 4.97. The van der Waals surface area contributed by atoms with Crippen LogP contribution in [0.15, 0.2) is 41.0 Å². The lowest BCUT2D eigenvalue weighted by Crippen LogP contribution is -2.31. The SMILES string of the molecule is O=C(N/C=C/C1CC1)NCc1ccccc1Br. The van der Waals surface area contributed by atoms with Gasteiger partial charge in [-0.15, -0.1) is 0 Å². The lowest BCUT2D eigenvalue weighted by atomic mass is 10.2. The van der Waals surface area contributed by atoms with E-state index in [1.165, 1.54) is 12.8 Å². The summed E-state index contributed by atoms with van der Waals surface area (Å²) in [4.78, 5) is 11.4. The number of urea groups is 1. The third-order valence-electron chi connectivity index (χ3n) is 2.60. The van der Waals surface area contributed by atoms with E-state index in [9.17, 15) is 4.79 Å². The van der Waals surface area contributed by atoms with Crippen LogP contribution in [0, 0.1) is 5.92 Å². The van der Waals surface area contributed by atoms with Crippen LogP contribution >= 0.6 is 15.9 Å². The Morgan fingerprint density at radius 3 is 2.88 bits per heavy atom. The molecule has 0 saturated heterocycles. The third kappa shape index (κ3) is 4.23. The Hall–Kier alpha value is -1.29. The summed E-state index contributed by atoms with van der Waals surface area (Å²) in [6.45, 7) is 0.518. The zero-order chi connectivity index (χ0) is 12.1. The molecule has 2 amide bonds. The second-order valence-electron chi connectivity index (χ2n) is 4.11. The van der Waals surface area contributed by atoms with Crippen LogP contribution in [0.1, 0.15) is 18.4 Å². The molecule has 4 heteroatoms. The van der Waals surface area contributed by atoms with Crippen molar-refractivity contribution in [1.82, 2.24) is 10.6 Å². The topological polar surface area (TPSA) is 41.1 Å². The maximum atomic E-state index is 11.4. The van der Waals surface area contributed by atoms with Crippen LogP contribution in [-0.4, -0.2) is 6.03 Å². The van der Waals surface area contributed by atoms with Gasteiger partial charge in [-0.1, -0.05) is 40.2 Å². The van der Waals surface area contributed by atoms with Crippen molar-refractivity contribution in [2.24, 2.45) is 5.92 Å². The van der Waals surface area contributed by atoms with Gasteiger partial charge in [0.05, 0.1) is 0 Å². The average Bonchev–Trinajstić information content (AvgIpc) is 3.12. The van der Waals surface area contributed by atoms with Gasteiger partial charge in [0.15, 0.2) is 0 Å². The fourth-order valence-corrected chi connectivity index (χ4v) is 1.84. The molecule has 0 bridgehead atoms. The van der Waals surface area contributed by atoms with Crippen molar-refractivity contribution >= 4 is 22.0 Å². The van der Waals surface area contributed by atoms with E-state index in [0.717, 1.165) is 10.0 Å². The van der Waals surface area contributed by atoms with Crippen LogP contribution in [0.3, 0.4) is 0 Å². The Balaban J connectivity index is 1.73. The zero-order valence-corrected chi connectivity index (χ0v) is 11.0. The van der Waals surface area contributed by atoms with Gasteiger partial charge in [-0.3, -0.25) is 0 Å². The fourth-order valence-electron chi connectivity index (χ4n) is 1.42. The summed E-state index contributed by atoms with van der Waals surface area (Å²) >= 11 is 3.44. The largest absolute Gasteiger partial charge is 0.334 e. The number of rotatable bonds is 4. The van der Waals surface area contributed by atoms with Crippen LogP contribution in [0.5, 0.6) is 0 Å². The smallest absolute Gasteiger partial charge is 0.319 e. The Morgan fingerprint density at radius 1 is 1.41 bits per heavy atom. The van der Waals surface area contributed by atoms with Crippen molar-refractivity contribution in [2.45, 2.75) is 19.4 Å². The highest BCUT2D eigenvalue weighted by molar-refractivity contribution is 9.10. The van der Waals surface area contributed by atoms with Crippen molar-refractivity contribution in [3.8, 4) is 0 Å². The van der Waals surface area contributed by atoms with E-state index < -0.39 is 0 Å². The molecule has 17 heavy (non-hydrogen) atoms. The number of hydrogen-bond acceptors (Lipinski definition) is 1. The lowest BCUT2D eigenvalue weighted by Gasteiger charge is -2.06. The summed E-state index contributed by atoms with van der Waals surface area (Å²) in [5, 5.41) is 5.50. The van der Waals surface area contributed by atoms with Gasteiger partial charge in [-0.25, -0.2) is 4.79 Å². The van der Waals surface area contributed by atoms with E-state index in [4.69, 9.17) is 0 Å². The van der Waals surface area contributed by atoms with Gasteiger partial charge >= 0.3 is 6.03 Å². The molecule has 1 aromatic rings. The molecule has 0 heterocycles. The lowest BCUT2D eigenvalue weighted by molar-refractivity contribution is 0.243. The Morgan fingerprint density at radius 2 is 2.18 bits per heavy atom. The predicted octanol–water partition coefficient (Wildman–Crippen LogP) is 3.17. The highest BCUT2D eigenvalue weighted by Gasteiger charge is 2.16. The minimum absolute atomic E-state index is 0.169. The van der Waals surface area contributed by atoms with Crippen molar-refractivity contribution in [3.63, 3.8) is 0 Å². The van der Waals surface area contributed by atoms with E-state index >= 15 is 0 Å². The van der Waals surface area contributed by atoms with Crippen molar-refractivity contribution in [3.05, 3.63) is 46.6 Å². The Labute approximate surface area is 109 Å². The molecular formula is C13H15BrN2O. The molecule has 3 nitrogen and oxygen atoms in total. The third-order valence-corrected chi connectivity index (χ3v) is 3.38. The number of halogens is 1. The predicted molar refractivity (Wildman–Crippen MR) is 71.4 cm³/mol. The number of allylic oxidation sites excluding steroid dienone is 1. The molecule has 1 fully saturated rings. The minimum Gasteiger partial charge on any atom is -0.334 e. The van der Waals surface area contributed by atoms with Gasteiger partial charge in [0.2, 0.25) is 0 Å². The molecule has 0 aliphatic heterocycles. The van der Waals surface area contributed by atoms with Gasteiger partial charge in [-0.05, 0) is 30.4 Å².